The lowest BCUT2D eigenvalue weighted by atomic mass is 9.95. The van der Waals surface area contributed by atoms with Crippen LogP contribution in [0.5, 0.6) is 11.5 Å². The predicted octanol–water partition coefficient (Wildman–Crippen LogP) is 2.59. The van der Waals surface area contributed by atoms with Gasteiger partial charge < -0.3 is 19.4 Å². The van der Waals surface area contributed by atoms with Crippen molar-refractivity contribution in [3.8, 4) is 11.5 Å². The molecule has 3 heterocycles. The molecule has 1 fully saturated rings. The maximum atomic E-state index is 5.62. The molecule has 28 heavy (non-hydrogen) atoms. The highest BCUT2D eigenvalue weighted by molar-refractivity contribution is 5.85. The molecule has 0 spiro atoms. The molecule has 1 aromatic heterocycles. The summed E-state index contributed by atoms with van der Waals surface area (Å²) < 4.78 is 13.4. The summed E-state index contributed by atoms with van der Waals surface area (Å²) in [4.78, 5) is 2.51. The fraction of sp³-hybridized carbons (Fsp3) is 0.600. The van der Waals surface area contributed by atoms with Crippen LogP contribution in [0, 0.1) is 0 Å². The molecule has 0 aliphatic carbocycles. The topological polar surface area (TPSA) is 64.4 Å². The van der Waals surface area contributed by atoms with Gasteiger partial charge in [-0.1, -0.05) is 6.07 Å². The van der Waals surface area contributed by atoms with Crippen LogP contribution in [0.2, 0.25) is 0 Å². The molecule has 1 saturated heterocycles. The van der Waals surface area contributed by atoms with E-state index in [0.717, 1.165) is 69.4 Å². The van der Waals surface area contributed by atoms with E-state index in [1.807, 2.05) is 13.0 Å². The number of hydrogen-bond donors (Lipinski definition) is 1. The second-order valence-corrected chi connectivity index (χ2v) is 7.27. The zero-order valence-corrected chi connectivity index (χ0v) is 17.5. The highest BCUT2D eigenvalue weighted by Gasteiger charge is 2.27. The normalized spacial score (nSPS) is 17.6. The van der Waals surface area contributed by atoms with Crippen molar-refractivity contribution >= 4 is 12.4 Å². The lowest BCUT2D eigenvalue weighted by Crippen LogP contribution is -2.34. The Bertz CT molecular complexity index is 774. The van der Waals surface area contributed by atoms with Crippen molar-refractivity contribution in [3.05, 3.63) is 35.4 Å². The third-order valence-corrected chi connectivity index (χ3v) is 5.54. The Balaban J connectivity index is 0.00000225. The summed E-state index contributed by atoms with van der Waals surface area (Å²) in [5, 5.41) is 12.2. The number of likely N-dealkylation sites (tertiary alicyclic amines) is 1. The first-order chi connectivity index (χ1) is 13.3. The van der Waals surface area contributed by atoms with Gasteiger partial charge in [0.15, 0.2) is 11.5 Å². The van der Waals surface area contributed by atoms with Crippen molar-refractivity contribution in [2.75, 3.05) is 33.4 Å². The molecule has 0 radical (unpaired) electrons. The summed E-state index contributed by atoms with van der Waals surface area (Å²) in [5.74, 6) is 4.42. The fourth-order valence-corrected chi connectivity index (χ4v) is 4.11. The van der Waals surface area contributed by atoms with Gasteiger partial charge in [0.1, 0.15) is 11.6 Å². The molecule has 2 aliphatic heterocycles. The van der Waals surface area contributed by atoms with Crippen LogP contribution >= 0.6 is 12.4 Å². The second-order valence-electron chi connectivity index (χ2n) is 7.27. The molecule has 8 heteroatoms. The van der Waals surface area contributed by atoms with E-state index < -0.39 is 0 Å². The molecule has 2 aliphatic rings. The zero-order valence-electron chi connectivity index (χ0n) is 16.7. The number of fused-ring (bicyclic) bond motifs is 1. The van der Waals surface area contributed by atoms with Crippen molar-refractivity contribution < 1.29 is 9.47 Å². The average Bonchev–Trinajstić information content (AvgIpc) is 3.14. The Labute approximate surface area is 172 Å². The molecular weight excluding hydrogens is 378 g/mol. The van der Waals surface area contributed by atoms with Crippen LogP contribution < -0.4 is 14.8 Å². The fourth-order valence-electron chi connectivity index (χ4n) is 4.11. The summed E-state index contributed by atoms with van der Waals surface area (Å²) in [5.41, 5.74) is 1.26. The average molecular weight is 408 g/mol. The van der Waals surface area contributed by atoms with Gasteiger partial charge in [-0.15, -0.1) is 22.6 Å². The quantitative estimate of drug-likeness (QED) is 0.794. The van der Waals surface area contributed by atoms with Gasteiger partial charge in [-0.25, -0.2) is 0 Å². The number of rotatable bonds is 6. The van der Waals surface area contributed by atoms with Crippen molar-refractivity contribution in [2.45, 2.75) is 45.3 Å². The van der Waals surface area contributed by atoms with Crippen LogP contribution in [0.1, 0.15) is 42.9 Å². The summed E-state index contributed by atoms with van der Waals surface area (Å²) in [6.07, 6.45) is 2.28. The molecule has 0 saturated carbocycles. The SMILES string of the molecule is CCOc1ccc(CN2CCC(c3nnc4n3CCNC4)CC2)cc1OC.Cl. The van der Waals surface area contributed by atoms with E-state index in [9.17, 15) is 0 Å². The van der Waals surface area contributed by atoms with Gasteiger partial charge in [-0.05, 0) is 50.6 Å². The smallest absolute Gasteiger partial charge is 0.161 e. The van der Waals surface area contributed by atoms with E-state index >= 15 is 0 Å². The highest BCUT2D eigenvalue weighted by Crippen LogP contribution is 2.31. The number of methoxy groups -OCH3 is 1. The van der Waals surface area contributed by atoms with Gasteiger partial charge in [-0.2, -0.15) is 0 Å². The van der Waals surface area contributed by atoms with E-state index in [4.69, 9.17) is 9.47 Å². The Morgan fingerprint density at radius 3 is 2.71 bits per heavy atom. The number of aromatic nitrogens is 3. The first-order valence-electron chi connectivity index (χ1n) is 9.93. The Morgan fingerprint density at radius 1 is 1.14 bits per heavy atom. The van der Waals surface area contributed by atoms with E-state index in [2.05, 4.69) is 37.1 Å². The zero-order chi connectivity index (χ0) is 18.6. The molecule has 7 nitrogen and oxygen atoms in total. The van der Waals surface area contributed by atoms with Gasteiger partial charge in [0.25, 0.3) is 0 Å². The molecule has 4 rings (SSSR count). The summed E-state index contributed by atoms with van der Waals surface area (Å²) >= 11 is 0. The van der Waals surface area contributed by atoms with Crippen LogP contribution in [0.25, 0.3) is 0 Å². The molecule has 1 aromatic carbocycles. The lowest BCUT2D eigenvalue weighted by molar-refractivity contribution is 0.199. The van der Waals surface area contributed by atoms with Crippen LogP contribution in [-0.4, -0.2) is 53.0 Å². The Morgan fingerprint density at radius 2 is 1.96 bits per heavy atom. The van der Waals surface area contributed by atoms with Gasteiger partial charge in [0.2, 0.25) is 0 Å². The largest absolute Gasteiger partial charge is 0.493 e. The first kappa shape index (κ1) is 20.9. The third-order valence-electron chi connectivity index (χ3n) is 5.54. The summed E-state index contributed by atoms with van der Waals surface area (Å²) in [6, 6.07) is 6.25. The van der Waals surface area contributed by atoms with Gasteiger partial charge in [-0.3, -0.25) is 4.90 Å². The minimum Gasteiger partial charge on any atom is -0.493 e. The van der Waals surface area contributed by atoms with E-state index in [1.54, 1.807) is 7.11 Å². The minimum atomic E-state index is 0. The Hall–Kier alpha value is -1.83. The van der Waals surface area contributed by atoms with Crippen LogP contribution in [0.15, 0.2) is 18.2 Å². The first-order valence-corrected chi connectivity index (χ1v) is 9.93. The van der Waals surface area contributed by atoms with Gasteiger partial charge in [0, 0.05) is 25.6 Å². The summed E-state index contributed by atoms with van der Waals surface area (Å²) in [6.45, 7) is 8.58. The predicted molar refractivity (Wildman–Crippen MR) is 110 cm³/mol. The molecule has 2 aromatic rings. The number of piperidine rings is 1. The van der Waals surface area contributed by atoms with E-state index in [0.29, 0.717) is 12.5 Å². The number of halogens is 1. The number of ether oxygens (including phenoxy) is 2. The number of benzene rings is 1. The van der Waals surface area contributed by atoms with Crippen molar-refractivity contribution in [2.24, 2.45) is 0 Å². The van der Waals surface area contributed by atoms with Crippen LogP contribution in [0.4, 0.5) is 0 Å². The highest BCUT2D eigenvalue weighted by atomic mass is 35.5. The van der Waals surface area contributed by atoms with Crippen molar-refractivity contribution in [1.29, 1.82) is 0 Å². The lowest BCUT2D eigenvalue weighted by Gasteiger charge is -2.32. The van der Waals surface area contributed by atoms with E-state index in [1.165, 1.54) is 11.4 Å². The molecule has 0 amide bonds. The van der Waals surface area contributed by atoms with Gasteiger partial charge >= 0.3 is 0 Å². The molecule has 154 valence electrons. The number of nitrogens with one attached hydrogen (secondary N) is 1. The maximum absolute atomic E-state index is 5.62. The van der Waals surface area contributed by atoms with Crippen molar-refractivity contribution in [3.63, 3.8) is 0 Å². The van der Waals surface area contributed by atoms with Crippen LogP contribution in [-0.2, 0) is 19.6 Å². The van der Waals surface area contributed by atoms with Crippen molar-refractivity contribution in [1.82, 2.24) is 25.0 Å². The molecule has 0 bridgehead atoms. The number of nitrogens with zero attached hydrogens (tertiary/aromatic N) is 4. The molecular formula is C20H30ClN5O2. The van der Waals surface area contributed by atoms with E-state index in [-0.39, 0.29) is 12.4 Å². The van der Waals surface area contributed by atoms with Gasteiger partial charge in [0.05, 0.1) is 20.3 Å². The summed E-state index contributed by atoms with van der Waals surface area (Å²) in [7, 11) is 1.70. The monoisotopic (exact) mass is 407 g/mol. The minimum absolute atomic E-state index is 0. The maximum Gasteiger partial charge on any atom is 0.161 e. The molecule has 0 atom stereocenters. The standard InChI is InChI=1S/C20H29N5O2.ClH/c1-3-27-17-5-4-15(12-18(17)26-2)14-24-9-6-16(7-10-24)20-23-22-19-13-21-8-11-25(19)20;/h4-5,12,16,21H,3,6-11,13-14H2,1-2H3;1H. The Kier molecular flexibility index (Phi) is 7.15. The molecule has 1 N–H and O–H groups in total. The third kappa shape index (κ3) is 4.42. The van der Waals surface area contributed by atoms with Crippen LogP contribution in [0.3, 0.4) is 0 Å². The molecule has 0 unspecified atom stereocenters. The number of hydrogen-bond acceptors (Lipinski definition) is 6. The second kappa shape index (κ2) is 9.58.